The Hall–Kier alpha value is -0.570. The van der Waals surface area contributed by atoms with Gasteiger partial charge in [-0.3, -0.25) is 4.79 Å². The zero-order chi connectivity index (χ0) is 13.0. The first-order chi connectivity index (χ1) is 7.90. The third-order valence-electron chi connectivity index (χ3n) is 3.75. The molecule has 3 unspecified atom stereocenters. The van der Waals surface area contributed by atoms with Gasteiger partial charge in [0.1, 0.15) is 0 Å². The Morgan fingerprint density at radius 2 is 2.00 bits per heavy atom. The highest BCUT2D eigenvalue weighted by molar-refractivity contribution is 5.78. The highest BCUT2D eigenvalue weighted by Gasteiger charge is 2.30. The molecule has 0 spiro atoms. The Morgan fingerprint density at radius 1 is 1.35 bits per heavy atom. The molecule has 0 radical (unpaired) electrons. The highest BCUT2D eigenvalue weighted by atomic mass is 16.2. The van der Waals surface area contributed by atoms with Gasteiger partial charge in [-0.25, -0.2) is 0 Å². The maximum absolute atomic E-state index is 12.3. The minimum absolute atomic E-state index is 0.158. The van der Waals surface area contributed by atoms with E-state index in [2.05, 4.69) is 20.8 Å². The lowest BCUT2D eigenvalue weighted by Crippen LogP contribution is -2.41. The van der Waals surface area contributed by atoms with Crippen LogP contribution < -0.4 is 5.73 Å². The average Bonchev–Trinajstić information content (AvgIpc) is 2.23. The van der Waals surface area contributed by atoms with Crippen LogP contribution in [0.2, 0.25) is 0 Å². The van der Waals surface area contributed by atoms with Crippen molar-refractivity contribution in [1.29, 1.82) is 0 Å². The average molecular weight is 240 g/mol. The van der Waals surface area contributed by atoms with E-state index in [1.165, 1.54) is 0 Å². The fraction of sp³-hybridized carbons (Fsp3) is 0.929. The van der Waals surface area contributed by atoms with Gasteiger partial charge < -0.3 is 10.6 Å². The van der Waals surface area contributed by atoms with E-state index in [-0.39, 0.29) is 12.0 Å². The van der Waals surface area contributed by atoms with Gasteiger partial charge >= 0.3 is 0 Å². The molecule has 1 rings (SSSR count). The lowest BCUT2D eigenvalue weighted by atomic mass is 9.79. The van der Waals surface area contributed by atoms with Gasteiger partial charge in [0.15, 0.2) is 0 Å². The summed E-state index contributed by atoms with van der Waals surface area (Å²) in [5, 5.41) is 0. The van der Waals surface area contributed by atoms with Crippen molar-refractivity contribution in [2.75, 3.05) is 13.6 Å². The van der Waals surface area contributed by atoms with Gasteiger partial charge in [-0.15, -0.1) is 0 Å². The van der Waals surface area contributed by atoms with Crippen LogP contribution in [0.3, 0.4) is 0 Å². The van der Waals surface area contributed by atoms with Gasteiger partial charge in [-0.2, -0.15) is 0 Å². The largest absolute Gasteiger partial charge is 0.346 e. The molecule has 3 heteroatoms. The summed E-state index contributed by atoms with van der Waals surface area (Å²) in [4.78, 5) is 14.2. The molecule has 17 heavy (non-hydrogen) atoms. The predicted octanol–water partition coefficient (Wildman–Crippen LogP) is 2.25. The van der Waals surface area contributed by atoms with E-state index in [1.54, 1.807) is 0 Å². The first-order valence-corrected chi connectivity index (χ1v) is 6.90. The summed E-state index contributed by atoms with van der Waals surface area (Å²) < 4.78 is 0. The smallest absolute Gasteiger partial charge is 0.225 e. The summed E-state index contributed by atoms with van der Waals surface area (Å²) in [7, 11) is 1.93. The summed E-state index contributed by atoms with van der Waals surface area (Å²) in [5.74, 6) is 1.70. The van der Waals surface area contributed by atoms with Gasteiger partial charge in [0, 0.05) is 25.6 Å². The third-order valence-corrected chi connectivity index (χ3v) is 3.75. The standard InChI is InChI=1S/C14H28N2O/c1-10(2)5-6-16(4)14(17)12-7-11(3)8-13(15)9-12/h10-13H,5-9,15H2,1-4H3. The first-order valence-electron chi connectivity index (χ1n) is 6.90. The quantitative estimate of drug-likeness (QED) is 0.819. The molecule has 100 valence electrons. The highest BCUT2D eigenvalue weighted by Crippen LogP contribution is 2.29. The number of rotatable bonds is 4. The Bertz CT molecular complexity index is 243. The number of hydrogen-bond acceptors (Lipinski definition) is 2. The van der Waals surface area contributed by atoms with E-state index >= 15 is 0 Å². The van der Waals surface area contributed by atoms with Crippen LogP contribution >= 0.6 is 0 Å². The lowest BCUT2D eigenvalue weighted by Gasteiger charge is -2.33. The van der Waals surface area contributed by atoms with Crippen LogP contribution in [0.15, 0.2) is 0 Å². The van der Waals surface area contributed by atoms with E-state index in [9.17, 15) is 4.79 Å². The minimum Gasteiger partial charge on any atom is -0.346 e. The van der Waals surface area contributed by atoms with Crippen molar-refractivity contribution in [3.05, 3.63) is 0 Å². The molecule has 1 saturated carbocycles. The van der Waals surface area contributed by atoms with Gasteiger partial charge in [0.05, 0.1) is 0 Å². The molecule has 1 aliphatic carbocycles. The van der Waals surface area contributed by atoms with Crippen molar-refractivity contribution in [2.45, 2.75) is 52.5 Å². The Labute approximate surface area is 106 Å². The van der Waals surface area contributed by atoms with Gasteiger partial charge in [0.25, 0.3) is 0 Å². The molecule has 1 aliphatic rings. The van der Waals surface area contributed by atoms with Gasteiger partial charge in [-0.1, -0.05) is 20.8 Å². The maximum atomic E-state index is 12.3. The number of carbonyl (C=O) groups excluding carboxylic acids is 1. The van der Waals surface area contributed by atoms with Crippen LogP contribution in [-0.2, 0) is 4.79 Å². The zero-order valence-corrected chi connectivity index (χ0v) is 11.8. The SMILES string of the molecule is CC(C)CCN(C)C(=O)C1CC(C)CC(N)C1. The topological polar surface area (TPSA) is 46.3 Å². The lowest BCUT2D eigenvalue weighted by molar-refractivity contribution is -0.136. The van der Waals surface area contributed by atoms with E-state index in [1.807, 2.05) is 11.9 Å². The fourth-order valence-electron chi connectivity index (χ4n) is 2.73. The fourth-order valence-corrected chi connectivity index (χ4v) is 2.73. The summed E-state index contributed by atoms with van der Waals surface area (Å²) in [6.07, 6.45) is 4.03. The van der Waals surface area contributed by atoms with Crippen LogP contribution in [0, 0.1) is 17.8 Å². The predicted molar refractivity (Wildman–Crippen MR) is 71.6 cm³/mol. The minimum atomic E-state index is 0.158. The van der Waals surface area contributed by atoms with Crippen molar-refractivity contribution in [1.82, 2.24) is 4.90 Å². The van der Waals surface area contributed by atoms with Crippen molar-refractivity contribution in [3.8, 4) is 0 Å². The van der Waals surface area contributed by atoms with Crippen LogP contribution in [0.4, 0.5) is 0 Å². The molecule has 0 aromatic rings. The van der Waals surface area contributed by atoms with E-state index in [0.29, 0.717) is 17.7 Å². The van der Waals surface area contributed by atoms with Gasteiger partial charge in [-0.05, 0) is 37.5 Å². The number of nitrogens with two attached hydrogens (primary N) is 1. The van der Waals surface area contributed by atoms with Crippen molar-refractivity contribution >= 4 is 5.91 Å². The molecular weight excluding hydrogens is 212 g/mol. The second kappa shape index (κ2) is 6.39. The third kappa shape index (κ3) is 4.66. The molecule has 1 amide bonds. The second-order valence-corrected chi connectivity index (χ2v) is 6.21. The van der Waals surface area contributed by atoms with Gasteiger partial charge in [0.2, 0.25) is 5.91 Å². The molecule has 2 N–H and O–H groups in total. The normalized spacial score (nSPS) is 29.4. The molecule has 1 fully saturated rings. The van der Waals surface area contributed by atoms with Crippen LogP contribution in [-0.4, -0.2) is 30.4 Å². The summed E-state index contributed by atoms with van der Waals surface area (Å²) >= 11 is 0. The first kappa shape index (κ1) is 14.5. The summed E-state index contributed by atoms with van der Waals surface area (Å²) in [6, 6.07) is 0.214. The second-order valence-electron chi connectivity index (χ2n) is 6.21. The Morgan fingerprint density at radius 3 is 2.53 bits per heavy atom. The maximum Gasteiger partial charge on any atom is 0.225 e. The Kier molecular flexibility index (Phi) is 5.44. The molecule has 0 aromatic carbocycles. The summed E-state index contributed by atoms with van der Waals surface area (Å²) in [6.45, 7) is 7.46. The molecule has 3 nitrogen and oxygen atoms in total. The molecule has 0 aromatic heterocycles. The van der Waals surface area contributed by atoms with E-state index in [0.717, 1.165) is 32.2 Å². The molecule has 0 heterocycles. The van der Waals surface area contributed by atoms with Crippen LogP contribution in [0.25, 0.3) is 0 Å². The molecular formula is C14H28N2O. The number of nitrogens with zero attached hydrogens (tertiary/aromatic N) is 1. The number of carbonyl (C=O) groups is 1. The van der Waals surface area contributed by atoms with Crippen LogP contribution in [0.1, 0.15) is 46.5 Å². The molecule has 0 aliphatic heterocycles. The molecule has 0 saturated heterocycles. The number of hydrogen-bond donors (Lipinski definition) is 1. The Balaban J connectivity index is 2.45. The monoisotopic (exact) mass is 240 g/mol. The van der Waals surface area contributed by atoms with Crippen molar-refractivity contribution < 1.29 is 4.79 Å². The summed E-state index contributed by atoms with van der Waals surface area (Å²) in [5.41, 5.74) is 6.00. The van der Waals surface area contributed by atoms with Crippen molar-refractivity contribution in [2.24, 2.45) is 23.5 Å². The molecule has 3 atom stereocenters. The van der Waals surface area contributed by atoms with E-state index in [4.69, 9.17) is 5.73 Å². The number of amides is 1. The van der Waals surface area contributed by atoms with Crippen molar-refractivity contribution in [3.63, 3.8) is 0 Å². The van der Waals surface area contributed by atoms with E-state index < -0.39 is 0 Å². The van der Waals surface area contributed by atoms with Crippen LogP contribution in [0.5, 0.6) is 0 Å². The molecule has 0 bridgehead atoms. The zero-order valence-electron chi connectivity index (χ0n) is 11.8.